The molecule has 36 heavy (non-hydrogen) atoms. The maximum absolute atomic E-state index is 13.0. The van der Waals surface area contributed by atoms with Crippen LogP contribution < -0.4 is 4.90 Å². The maximum Gasteiger partial charge on any atom is 0.416 e. The molecule has 192 valence electrons. The van der Waals surface area contributed by atoms with Crippen LogP contribution in [0, 0.1) is 5.92 Å². The Balaban J connectivity index is 1.14. The van der Waals surface area contributed by atoms with Crippen molar-refractivity contribution in [3.8, 4) is 11.4 Å². The molecule has 0 unspecified atom stereocenters. The number of rotatable bonds is 6. The van der Waals surface area contributed by atoms with E-state index in [1.807, 2.05) is 12.1 Å². The van der Waals surface area contributed by atoms with Crippen molar-refractivity contribution in [2.45, 2.75) is 63.3 Å². The van der Waals surface area contributed by atoms with E-state index in [1.54, 1.807) is 6.20 Å². The van der Waals surface area contributed by atoms with Gasteiger partial charge >= 0.3 is 12.1 Å². The number of hydrogen-bond donors (Lipinski definition) is 2. The molecule has 1 aliphatic carbocycles. The summed E-state index contributed by atoms with van der Waals surface area (Å²) in [6, 6.07) is 7.26. The van der Waals surface area contributed by atoms with E-state index in [-0.39, 0.29) is 24.5 Å². The zero-order valence-corrected chi connectivity index (χ0v) is 19.8. The summed E-state index contributed by atoms with van der Waals surface area (Å²) in [6.07, 6.45) is 3.49. The largest absolute Gasteiger partial charge is 0.481 e. The molecular formula is C26H29F3N4O3. The molecule has 1 saturated heterocycles. The fourth-order valence-electron chi connectivity index (χ4n) is 5.25. The highest BCUT2D eigenvalue weighted by Gasteiger charge is 2.31. The van der Waals surface area contributed by atoms with Crippen molar-refractivity contribution in [2.75, 3.05) is 18.0 Å². The third-order valence-corrected chi connectivity index (χ3v) is 7.24. The number of carboxylic acids is 1. The third kappa shape index (κ3) is 5.64. The van der Waals surface area contributed by atoms with Gasteiger partial charge in [-0.05, 0) is 74.8 Å². The first-order valence-electron chi connectivity index (χ1n) is 12.4. The number of piperidine rings is 1. The Kier molecular flexibility index (Phi) is 6.87. The van der Waals surface area contributed by atoms with E-state index in [1.165, 1.54) is 6.07 Å². The number of carboxylic acid groups (broad SMARTS) is 1. The highest BCUT2D eigenvalue weighted by atomic mass is 19.4. The average molecular weight is 503 g/mol. The number of ether oxygens (including phenoxy) is 1. The topological polar surface area (TPSA) is 91.3 Å². The molecule has 2 N–H and O–H groups in total. The second-order valence-electron chi connectivity index (χ2n) is 9.78. The maximum atomic E-state index is 13.0. The molecule has 0 atom stereocenters. The van der Waals surface area contributed by atoms with Gasteiger partial charge in [-0.2, -0.15) is 13.2 Å². The van der Waals surface area contributed by atoms with E-state index in [9.17, 15) is 18.0 Å². The number of pyridine rings is 1. The lowest BCUT2D eigenvalue weighted by Gasteiger charge is -2.36. The van der Waals surface area contributed by atoms with Gasteiger partial charge in [0.15, 0.2) is 0 Å². The Bertz CT molecular complexity index is 1200. The molecule has 0 bridgehead atoms. The average Bonchev–Trinajstić information content (AvgIpc) is 3.29. The van der Waals surface area contributed by atoms with Crippen LogP contribution in [0.1, 0.15) is 50.5 Å². The molecule has 10 heteroatoms. The van der Waals surface area contributed by atoms with Crippen LogP contribution in [0.2, 0.25) is 0 Å². The minimum Gasteiger partial charge on any atom is -0.481 e. The van der Waals surface area contributed by atoms with E-state index in [4.69, 9.17) is 9.84 Å². The predicted molar refractivity (Wildman–Crippen MR) is 129 cm³/mol. The summed E-state index contributed by atoms with van der Waals surface area (Å²) in [6.45, 7) is 1.66. The first kappa shape index (κ1) is 24.5. The van der Waals surface area contributed by atoms with Crippen LogP contribution in [0.15, 0.2) is 36.5 Å². The van der Waals surface area contributed by atoms with Gasteiger partial charge in [-0.25, -0.2) is 9.97 Å². The fourth-order valence-corrected chi connectivity index (χ4v) is 5.25. The van der Waals surface area contributed by atoms with E-state index >= 15 is 0 Å². The van der Waals surface area contributed by atoms with Crippen molar-refractivity contribution in [1.82, 2.24) is 15.0 Å². The normalized spacial score (nSPS) is 21.7. The highest BCUT2D eigenvalue weighted by molar-refractivity contribution is 5.80. The zero-order chi connectivity index (χ0) is 25.3. The number of aromatic nitrogens is 3. The van der Waals surface area contributed by atoms with Gasteiger partial charge in [0, 0.05) is 31.3 Å². The molecule has 5 rings (SSSR count). The Hall–Kier alpha value is -3.14. The van der Waals surface area contributed by atoms with Crippen LogP contribution in [0.5, 0.6) is 0 Å². The number of nitrogens with zero attached hydrogens (tertiary/aromatic N) is 3. The summed E-state index contributed by atoms with van der Waals surface area (Å²) in [7, 11) is 0. The van der Waals surface area contributed by atoms with Crippen LogP contribution in [-0.2, 0) is 15.7 Å². The highest BCUT2D eigenvalue weighted by Crippen LogP contribution is 2.33. The van der Waals surface area contributed by atoms with Gasteiger partial charge < -0.3 is 19.7 Å². The van der Waals surface area contributed by atoms with Crippen LogP contribution in [0.25, 0.3) is 22.4 Å². The molecule has 0 spiro atoms. The number of aromatic amines is 1. The van der Waals surface area contributed by atoms with E-state index < -0.39 is 17.7 Å². The lowest BCUT2D eigenvalue weighted by atomic mass is 9.85. The van der Waals surface area contributed by atoms with Gasteiger partial charge in [0.25, 0.3) is 0 Å². The Morgan fingerprint density at radius 3 is 2.42 bits per heavy atom. The first-order valence-corrected chi connectivity index (χ1v) is 12.4. The molecule has 1 aromatic carbocycles. The number of nitrogens with one attached hydrogen (secondary N) is 1. The molecule has 0 amide bonds. The number of carbonyl (C=O) groups is 1. The lowest BCUT2D eigenvalue weighted by molar-refractivity contribution is -0.139. The van der Waals surface area contributed by atoms with Gasteiger partial charge in [0.1, 0.15) is 11.6 Å². The molecular weight excluding hydrogens is 473 g/mol. The van der Waals surface area contributed by atoms with Crippen LogP contribution in [0.4, 0.5) is 19.0 Å². The molecule has 3 heterocycles. The molecule has 2 fully saturated rings. The van der Waals surface area contributed by atoms with Crippen molar-refractivity contribution in [3.63, 3.8) is 0 Å². The van der Waals surface area contributed by atoms with Crippen LogP contribution in [-0.4, -0.2) is 51.3 Å². The van der Waals surface area contributed by atoms with Gasteiger partial charge in [0.2, 0.25) is 0 Å². The minimum absolute atomic E-state index is 0.207. The number of benzene rings is 1. The number of H-pyrrole nitrogens is 1. The number of halogens is 3. The Labute approximate surface area is 206 Å². The summed E-state index contributed by atoms with van der Waals surface area (Å²) in [5.74, 6) is 0.885. The second-order valence-corrected chi connectivity index (χ2v) is 9.78. The number of fused-ring (bicyclic) bond motifs is 1. The van der Waals surface area contributed by atoms with Gasteiger partial charge in [-0.3, -0.25) is 4.79 Å². The van der Waals surface area contributed by atoms with Crippen molar-refractivity contribution in [3.05, 3.63) is 42.1 Å². The van der Waals surface area contributed by atoms with Crippen LogP contribution in [0.3, 0.4) is 0 Å². The molecule has 2 aliphatic rings. The molecule has 1 saturated carbocycles. The number of anilines is 1. The monoisotopic (exact) mass is 502 g/mol. The Morgan fingerprint density at radius 1 is 1.06 bits per heavy atom. The molecule has 3 aromatic rings. The molecule has 2 aromatic heterocycles. The Morgan fingerprint density at radius 2 is 1.78 bits per heavy atom. The number of hydrogen-bond acceptors (Lipinski definition) is 5. The minimum atomic E-state index is -4.40. The van der Waals surface area contributed by atoms with E-state index in [0.717, 1.165) is 69.6 Å². The first-order chi connectivity index (χ1) is 17.2. The summed E-state index contributed by atoms with van der Waals surface area (Å²) in [4.78, 5) is 25.1. The van der Waals surface area contributed by atoms with Gasteiger partial charge in [-0.1, -0.05) is 0 Å². The fraction of sp³-hybridized carbons (Fsp3) is 0.500. The van der Waals surface area contributed by atoms with E-state index in [0.29, 0.717) is 22.4 Å². The number of aliphatic carboxylic acids is 1. The number of alkyl halides is 3. The lowest BCUT2D eigenvalue weighted by Crippen LogP contribution is -2.39. The summed E-state index contributed by atoms with van der Waals surface area (Å²) in [5, 5.41) is 8.97. The standard InChI is InChI=1S/C26H29F3N4O3/c27-26(28,29)18-4-7-21-22(14-18)32-25(31-21)17-3-8-23(30-15-17)33-11-9-20(10-12-33)36-19-5-1-16(2-6-19)13-24(34)35/h3-4,7-8,14-16,19-20H,1-2,5-6,9-13H2,(H,31,32)(H,34,35)/t16-,19-. The van der Waals surface area contributed by atoms with Crippen molar-refractivity contribution in [1.29, 1.82) is 0 Å². The summed E-state index contributed by atoms with van der Waals surface area (Å²) < 4.78 is 45.3. The van der Waals surface area contributed by atoms with Crippen molar-refractivity contribution >= 4 is 22.8 Å². The molecule has 1 aliphatic heterocycles. The van der Waals surface area contributed by atoms with Crippen molar-refractivity contribution in [2.24, 2.45) is 5.92 Å². The molecule has 0 radical (unpaired) electrons. The van der Waals surface area contributed by atoms with Gasteiger partial charge in [-0.15, -0.1) is 0 Å². The van der Waals surface area contributed by atoms with Gasteiger partial charge in [0.05, 0.1) is 28.8 Å². The quantitative estimate of drug-likeness (QED) is 0.452. The van der Waals surface area contributed by atoms with Crippen LogP contribution >= 0.6 is 0 Å². The molecule has 7 nitrogen and oxygen atoms in total. The summed E-state index contributed by atoms with van der Waals surface area (Å²) in [5.41, 5.74) is 0.804. The zero-order valence-electron chi connectivity index (χ0n) is 19.8. The second kappa shape index (κ2) is 10.1. The SMILES string of the molecule is O=C(O)C[C@H]1CC[C@H](OC2CCN(c3ccc(-c4nc5ccc(C(F)(F)F)cc5[nH]4)cn3)CC2)CC1. The van der Waals surface area contributed by atoms with E-state index in [2.05, 4.69) is 19.9 Å². The van der Waals surface area contributed by atoms with Crippen molar-refractivity contribution < 1.29 is 27.8 Å². The number of imidazole rings is 1. The third-order valence-electron chi connectivity index (χ3n) is 7.24. The smallest absolute Gasteiger partial charge is 0.416 e. The predicted octanol–water partition coefficient (Wildman–Crippen LogP) is 5.66. The summed E-state index contributed by atoms with van der Waals surface area (Å²) >= 11 is 0.